The van der Waals surface area contributed by atoms with E-state index in [1.807, 2.05) is 12.1 Å². The molecule has 1 nitrogen and oxygen atoms in total. The van der Waals surface area contributed by atoms with Crippen molar-refractivity contribution in [2.75, 3.05) is 0 Å². The molecule has 2 fully saturated rings. The zero-order valence-electron chi connectivity index (χ0n) is 14.9. The first kappa shape index (κ1) is 18.1. The summed E-state index contributed by atoms with van der Waals surface area (Å²) in [6.07, 6.45) is 21.3. The Kier molecular flexibility index (Phi) is 8.31. The molecule has 23 heavy (non-hydrogen) atoms. The molecule has 0 aromatic carbocycles. The molecular weight excluding hydrogens is 278 g/mol. The second-order valence-corrected chi connectivity index (χ2v) is 7.69. The molecule has 2 rings (SSSR count). The number of nitriles is 1. The average molecular weight is 312 g/mol. The van der Waals surface area contributed by atoms with Gasteiger partial charge in [0.15, 0.2) is 6.07 Å². The number of hydrogen-bond donors (Lipinski definition) is 0. The van der Waals surface area contributed by atoms with Crippen LogP contribution < -0.4 is 0 Å². The summed E-state index contributed by atoms with van der Waals surface area (Å²) >= 11 is 0. The van der Waals surface area contributed by atoms with E-state index in [9.17, 15) is 0 Å². The van der Waals surface area contributed by atoms with E-state index in [0.29, 0.717) is 5.92 Å². The van der Waals surface area contributed by atoms with Crippen LogP contribution in [0, 0.1) is 46.8 Å². The summed E-state index contributed by atoms with van der Waals surface area (Å²) < 4.78 is 0. The lowest BCUT2D eigenvalue weighted by Crippen LogP contribution is -2.25. The maximum absolute atomic E-state index is 8.40. The minimum atomic E-state index is 0.699. The van der Waals surface area contributed by atoms with Crippen LogP contribution in [0.1, 0.15) is 84.0 Å². The zero-order chi connectivity index (χ0) is 16.3. The highest BCUT2D eigenvalue weighted by atomic mass is 14.4. The molecule has 0 heterocycles. The number of allylic oxidation sites excluding steroid dienone is 2. The summed E-state index contributed by atoms with van der Waals surface area (Å²) in [6.45, 7) is 2.30. The number of hydrogen-bond acceptors (Lipinski definition) is 1. The van der Waals surface area contributed by atoms with Gasteiger partial charge in [-0.15, -0.1) is 0 Å². The van der Waals surface area contributed by atoms with Crippen molar-refractivity contribution in [3.05, 3.63) is 12.2 Å². The molecule has 0 aliphatic heterocycles. The van der Waals surface area contributed by atoms with Gasteiger partial charge in [-0.3, -0.25) is 0 Å². The van der Waals surface area contributed by atoms with Gasteiger partial charge in [0.2, 0.25) is 0 Å². The van der Waals surface area contributed by atoms with Gasteiger partial charge < -0.3 is 0 Å². The van der Waals surface area contributed by atoms with E-state index in [0.717, 1.165) is 17.8 Å². The first-order valence-corrected chi connectivity index (χ1v) is 9.89. The molecule has 0 N–H and O–H groups in total. The Morgan fingerprint density at radius 1 is 0.913 bits per heavy atom. The number of nitrogens with zero attached hydrogens (tertiary/aromatic N) is 1. The second-order valence-electron chi connectivity index (χ2n) is 7.69. The first-order chi connectivity index (χ1) is 11.3. The highest BCUT2D eigenvalue weighted by Gasteiger charge is 2.30. The summed E-state index contributed by atoms with van der Waals surface area (Å²) in [5.41, 5.74) is 0. The Hall–Kier alpha value is -1.21. The largest absolute Gasteiger partial charge is 0.183 e. The minimum absolute atomic E-state index is 0.699. The SMILES string of the molecule is CCCCC[C@H]1CC[C@H]([C@H]2CC[C@H](/C=C/C#CC#N)CC2)CC1. The Labute approximate surface area is 143 Å². The molecule has 0 unspecified atom stereocenters. The number of rotatable bonds is 6. The lowest BCUT2D eigenvalue weighted by atomic mass is 9.68. The van der Waals surface area contributed by atoms with Gasteiger partial charge in [-0.05, 0) is 68.3 Å². The Morgan fingerprint density at radius 3 is 2.17 bits per heavy atom. The summed E-state index contributed by atoms with van der Waals surface area (Å²) in [6, 6.07) is 1.86. The Balaban J connectivity index is 1.65. The van der Waals surface area contributed by atoms with Gasteiger partial charge in [-0.2, -0.15) is 5.26 Å². The maximum atomic E-state index is 8.40. The molecule has 0 radical (unpaired) electrons. The molecule has 0 spiro atoms. The predicted octanol–water partition coefficient (Wildman–Crippen LogP) is 6.26. The van der Waals surface area contributed by atoms with Crippen LogP contribution in [-0.4, -0.2) is 0 Å². The maximum Gasteiger partial charge on any atom is 0.152 e. The van der Waals surface area contributed by atoms with Crippen molar-refractivity contribution in [3.8, 4) is 17.9 Å². The summed E-state index contributed by atoms with van der Waals surface area (Å²) in [5, 5.41) is 8.40. The molecule has 0 amide bonds. The van der Waals surface area contributed by atoms with E-state index in [1.165, 1.54) is 77.0 Å². The molecule has 2 saturated carbocycles. The second kappa shape index (κ2) is 10.5. The smallest absolute Gasteiger partial charge is 0.152 e. The summed E-state index contributed by atoms with van der Waals surface area (Å²) in [4.78, 5) is 0. The molecule has 2 aliphatic carbocycles. The van der Waals surface area contributed by atoms with E-state index in [2.05, 4.69) is 24.8 Å². The fraction of sp³-hybridized carbons (Fsp3) is 0.773. The molecule has 0 aromatic rings. The van der Waals surface area contributed by atoms with Crippen LogP contribution in [0.15, 0.2) is 12.2 Å². The van der Waals surface area contributed by atoms with Gasteiger partial charge in [0.05, 0.1) is 0 Å². The lowest BCUT2D eigenvalue weighted by Gasteiger charge is -2.37. The highest BCUT2D eigenvalue weighted by molar-refractivity contribution is 5.25. The fourth-order valence-corrected chi connectivity index (χ4v) is 4.70. The van der Waals surface area contributed by atoms with Crippen molar-refractivity contribution in [3.63, 3.8) is 0 Å². The average Bonchev–Trinajstić information content (AvgIpc) is 2.60. The van der Waals surface area contributed by atoms with Crippen LogP contribution >= 0.6 is 0 Å². The molecule has 2 aliphatic rings. The third kappa shape index (κ3) is 6.43. The van der Waals surface area contributed by atoms with Crippen LogP contribution in [0.2, 0.25) is 0 Å². The summed E-state index contributed by atoms with van der Waals surface area (Å²) in [5.74, 6) is 8.97. The molecule has 0 saturated heterocycles. The molecule has 0 bridgehead atoms. The van der Waals surface area contributed by atoms with Crippen molar-refractivity contribution in [2.24, 2.45) is 23.7 Å². The molecule has 0 aromatic heterocycles. The molecule has 0 atom stereocenters. The van der Waals surface area contributed by atoms with E-state index < -0.39 is 0 Å². The molecule has 126 valence electrons. The highest BCUT2D eigenvalue weighted by Crippen LogP contribution is 2.42. The van der Waals surface area contributed by atoms with E-state index >= 15 is 0 Å². The fourth-order valence-electron chi connectivity index (χ4n) is 4.70. The van der Waals surface area contributed by atoms with Crippen LogP contribution in [0.3, 0.4) is 0 Å². The molecule has 1 heteroatoms. The third-order valence-corrected chi connectivity index (χ3v) is 6.17. The van der Waals surface area contributed by atoms with Gasteiger partial charge in [-0.1, -0.05) is 57.4 Å². The van der Waals surface area contributed by atoms with Gasteiger partial charge in [0.25, 0.3) is 0 Å². The lowest BCUT2D eigenvalue weighted by molar-refractivity contribution is 0.151. The normalized spacial score (nSPS) is 31.3. The third-order valence-electron chi connectivity index (χ3n) is 6.17. The predicted molar refractivity (Wildman–Crippen MR) is 97.6 cm³/mol. The van der Waals surface area contributed by atoms with Crippen LogP contribution in [-0.2, 0) is 0 Å². The standard InChI is InChI=1S/C22H33N/c1-2-3-5-8-19-10-14-21(15-11-19)22-16-12-20(13-17-22)9-6-4-7-18-23/h6,9,19-22H,2-3,5,8,10-17H2,1H3/b9-6+/t19-,20-,21-,22-. The Bertz CT molecular complexity index is 443. The van der Waals surface area contributed by atoms with E-state index in [-0.39, 0.29) is 0 Å². The van der Waals surface area contributed by atoms with Crippen LogP contribution in [0.25, 0.3) is 0 Å². The van der Waals surface area contributed by atoms with Crippen molar-refractivity contribution in [1.82, 2.24) is 0 Å². The van der Waals surface area contributed by atoms with Gasteiger partial charge in [0.1, 0.15) is 0 Å². The quantitative estimate of drug-likeness (QED) is 0.419. The van der Waals surface area contributed by atoms with Crippen molar-refractivity contribution >= 4 is 0 Å². The van der Waals surface area contributed by atoms with Crippen LogP contribution in [0.5, 0.6) is 0 Å². The number of unbranched alkanes of at least 4 members (excludes halogenated alkanes) is 2. The first-order valence-electron chi connectivity index (χ1n) is 9.89. The van der Waals surface area contributed by atoms with Crippen LogP contribution in [0.4, 0.5) is 0 Å². The van der Waals surface area contributed by atoms with Crippen molar-refractivity contribution in [2.45, 2.75) is 84.0 Å². The summed E-state index contributed by atoms with van der Waals surface area (Å²) in [7, 11) is 0. The van der Waals surface area contributed by atoms with E-state index in [4.69, 9.17) is 5.26 Å². The van der Waals surface area contributed by atoms with E-state index in [1.54, 1.807) is 0 Å². The molecular formula is C22H33N. The van der Waals surface area contributed by atoms with Gasteiger partial charge in [-0.25, -0.2) is 0 Å². The van der Waals surface area contributed by atoms with Crippen molar-refractivity contribution < 1.29 is 0 Å². The van der Waals surface area contributed by atoms with Gasteiger partial charge >= 0.3 is 0 Å². The minimum Gasteiger partial charge on any atom is -0.183 e. The van der Waals surface area contributed by atoms with Crippen molar-refractivity contribution in [1.29, 1.82) is 5.26 Å². The monoisotopic (exact) mass is 311 g/mol. The topological polar surface area (TPSA) is 23.8 Å². The Morgan fingerprint density at radius 2 is 1.57 bits per heavy atom. The van der Waals surface area contributed by atoms with Gasteiger partial charge in [0, 0.05) is 5.92 Å². The zero-order valence-corrected chi connectivity index (χ0v) is 14.9.